The van der Waals surface area contributed by atoms with E-state index in [0.29, 0.717) is 10.8 Å². The molecule has 60 valence electrons. The Labute approximate surface area is 69.9 Å². The molecule has 1 aromatic rings. The van der Waals surface area contributed by atoms with Crippen LogP contribution in [0.15, 0.2) is 18.2 Å². The molecule has 0 saturated carbocycles. The van der Waals surface area contributed by atoms with Gasteiger partial charge in [-0.15, -0.1) is 0 Å². The summed E-state index contributed by atoms with van der Waals surface area (Å²) in [6.45, 7) is 0. The van der Waals surface area contributed by atoms with Gasteiger partial charge in [0.15, 0.2) is 8.03 Å². The summed E-state index contributed by atoms with van der Waals surface area (Å²) in [6, 6.07) is 5.00. The third kappa shape index (κ3) is 3.02. The van der Waals surface area contributed by atoms with E-state index in [1.807, 2.05) is 0 Å². The van der Waals surface area contributed by atoms with Crippen molar-refractivity contribution < 1.29 is 9.46 Å². The Morgan fingerprint density at radius 3 is 2.91 bits per heavy atom. The van der Waals surface area contributed by atoms with Gasteiger partial charge in [0.05, 0.1) is 11.9 Å². The molecule has 1 unspecified atom stereocenters. The largest absolute Gasteiger partial charge is 0.346 e. The van der Waals surface area contributed by atoms with Gasteiger partial charge < -0.3 is 4.89 Å². The van der Waals surface area contributed by atoms with Crippen molar-refractivity contribution in [1.29, 1.82) is 0 Å². The molecule has 5 heteroatoms. The minimum absolute atomic E-state index is 0.102. The van der Waals surface area contributed by atoms with Gasteiger partial charge in [-0.1, -0.05) is 17.7 Å². The quantitative estimate of drug-likeness (QED) is 0.572. The van der Waals surface area contributed by atoms with Crippen molar-refractivity contribution in [3.05, 3.63) is 29.0 Å². The average molecular weight is 192 g/mol. The second-order valence-corrected chi connectivity index (χ2v) is 3.55. The molecule has 1 atom stereocenters. The van der Waals surface area contributed by atoms with Gasteiger partial charge in [-0.05, 0) is 12.1 Å². The lowest BCUT2D eigenvalue weighted by Gasteiger charge is -1.95. The standard InChI is InChI=1S/C6H7ClNO2P/c7-6-3-1-2-5(8-6)4-11(9)10/h1-3,11H,4H2,(H,9,10). The van der Waals surface area contributed by atoms with Gasteiger partial charge in [-0.2, -0.15) is 0 Å². The van der Waals surface area contributed by atoms with E-state index in [-0.39, 0.29) is 6.16 Å². The Morgan fingerprint density at radius 1 is 1.64 bits per heavy atom. The Bertz CT molecular complexity index is 279. The molecule has 11 heavy (non-hydrogen) atoms. The molecule has 1 heterocycles. The van der Waals surface area contributed by atoms with E-state index in [0.717, 1.165) is 0 Å². The number of aromatic nitrogens is 1. The van der Waals surface area contributed by atoms with Crippen molar-refractivity contribution in [3.8, 4) is 0 Å². The van der Waals surface area contributed by atoms with Crippen LogP contribution in [0.4, 0.5) is 0 Å². The highest BCUT2D eigenvalue weighted by molar-refractivity contribution is 7.37. The maximum atomic E-state index is 10.4. The van der Waals surface area contributed by atoms with Crippen LogP contribution >= 0.6 is 19.6 Å². The Balaban J connectivity index is 2.79. The number of nitrogens with zero attached hydrogens (tertiary/aromatic N) is 1. The molecule has 3 nitrogen and oxygen atoms in total. The molecule has 0 aliphatic heterocycles. The van der Waals surface area contributed by atoms with Crippen LogP contribution in [0.1, 0.15) is 5.69 Å². The minimum atomic E-state index is -2.47. The molecule has 0 spiro atoms. The summed E-state index contributed by atoms with van der Waals surface area (Å²) in [5, 5.41) is 0.353. The van der Waals surface area contributed by atoms with Crippen molar-refractivity contribution in [2.45, 2.75) is 6.16 Å². The fraction of sp³-hybridized carbons (Fsp3) is 0.167. The van der Waals surface area contributed by atoms with Crippen LogP contribution in [0.25, 0.3) is 0 Å². The summed E-state index contributed by atoms with van der Waals surface area (Å²) in [5.74, 6) is 0. The van der Waals surface area contributed by atoms with Gasteiger partial charge in [0.1, 0.15) is 5.15 Å². The molecule has 0 amide bonds. The zero-order valence-electron chi connectivity index (χ0n) is 5.62. The van der Waals surface area contributed by atoms with Gasteiger partial charge >= 0.3 is 0 Å². The molecular formula is C6H7ClNO2P. The second-order valence-electron chi connectivity index (χ2n) is 2.02. The topological polar surface area (TPSA) is 50.2 Å². The van der Waals surface area contributed by atoms with E-state index in [9.17, 15) is 4.57 Å². The molecule has 0 bridgehead atoms. The van der Waals surface area contributed by atoms with Crippen LogP contribution < -0.4 is 0 Å². The molecule has 1 aromatic heterocycles. The lowest BCUT2D eigenvalue weighted by atomic mass is 10.4. The van der Waals surface area contributed by atoms with E-state index in [1.165, 1.54) is 0 Å². The maximum Gasteiger partial charge on any atom is 0.194 e. The molecule has 0 aliphatic rings. The number of halogens is 1. The number of pyridine rings is 1. The Morgan fingerprint density at radius 2 is 2.36 bits per heavy atom. The van der Waals surface area contributed by atoms with Crippen LogP contribution in [0.3, 0.4) is 0 Å². The van der Waals surface area contributed by atoms with Crippen LogP contribution in [0.5, 0.6) is 0 Å². The van der Waals surface area contributed by atoms with E-state index in [2.05, 4.69) is 4.98 Å². The monoisotopic (exact) mass is 191 g/mol. The van der Waals surface area contributed by atoms with Crippen LogP contribution in [-0.2, 0) is 10.7 Å². The maximum absolute atomic E-state index is 10.4. The third-order valence-corrected chi connectivity index (χ3v) is 1.98. The molecule has 0 aromatic carbocycles. The zero-order chi connectivity index (χ0) is 8.27. The first-order valence-electron chi connectivity index (χ1n) is 3.02. The molecule has 0 aliphatic carbocycles. The van der Waals surface area contributed by atoms with E-state index in [4.69, 9.17) is 16.5 Å². The van der Waals surface area contributed by atoms with Crippen molar-refractivity contribution in [1.82, 2.24) is 4.98 Å². The molecule has 0 radical (unpaired) electrons. The molecule has 0 fully saturated rings. The summed E-state index contributed by atoms with van der Waals surface area (Å²) in [7, 11) is -2.47. The average Bonchev–Trinajstić information content (AvgIpc) is 1.85. The molecule has 1 rings (SSSR count). The first kappa shape index (κ1) is 8.72. The lowest BCUT2D eigenvalue weighted by Crippen LogP contribution is -1.85. The zero-order valence-corrected chi connectivity index (χ0v) is 7.38. The summed E-state index contributed by atoms with van der Waals surface area (Å²) < 4.78 is 10.4. The molecule has 0 saturated heterocycles. The first-order valence-corrected chi connectivity index (χ1v) is 4.96. The highest BCUT2D eigenvalue weighted by atomic mass is 35.5. The summed E-state index contributed by atoms with van der Waals surface area (Å²) in [5.41, 5.74) is 0.559. The Kier molecular flexibility index (Phi) is 3.06. The smallest absolute Gasteiger partial charge is 0.194 e. The Hall–Kier alpha value is -0.370. The highest BCUT2D eigenvalue weighted by Crippen LogP contribution is 2.20. The van der Waals surface area contributed by atoms with Gasteiger partial charge in [0, 0.05) is 0 Å². The fourth-order valence-corrected chi connectivity index (χ4v) is 1.39. The second kappa shape index (κ2) is 3.86. The molecule has 1 N–H and O–H groups in total. The highest BCUT2D eigenvalue weighted by Gasteiger charge is 1.98. The van der Waals surface area contributed by atoms with E-state index >= 15 is 0 Å². The van der Waals surface area contributed by atoms with Crippen LogP contribution in [0, 0.1) is 0 Å². The van der Waals surface area contributed by atoms with Gasteiger partial charge in [-0.3, -0.25) is 4.57 Å². The summed E-state index contributed by atoms with van der Waals surface area (Å²) in [4.78, 5) is 12.4. The van der Waals surface area contributed by atoms with Crippen molar-refractivity contribution in [3.63, 3.8) is 0 Å². The minimum Gasteiger partial charge on any atom is -0.346 e. The fourth-order valence-electron chi connectivity index (χ4n) is 0.704. The number of hydrogen-bond donors (Lipinski definition) is 1. The van der Waals surface area contributed by atoms with E-state index in [1.54, 1.807) is 18.2 Å². The number of rotatable bonds is 2. The summed E-state index contributed by atoms with van der Waals surface area (Å²) in [6.07, 6.45) is 0.102. The lowest BCUT2D eigenvalue weighted by molar-refractivity contribution is 0.501. The van der Waals surface area contributed by atoms with Crippen molar-refractivity contribution in [2.75, 3.05) is 0 Å². The van der Waals surface area contributed by atoms with Crippen molar-refractivity contribution in [2.24, 2.45) is 0 Å². The predicted molar refractivity (Wildman–Crippen MR) is 44.2 cm³/mol. The molecular weight excluding hydrogens is 184 g/mol. The van der Waals surface area contributed by atoms with Gasteiger partial charge in [0.25, 0.3) is 0 Å². The number of hydrogen-bond acceptors (Lipinski definition) is 2. The van der Waals surface area contributed by atoms with Gasteiger partial charge in [0.2, 0.25) is 0 Å². The SMILES string of the molecule is O=[PH](O)Cc1cccc(Cl)n1. The third-order valence-electron chi connectivity index (χ3n) is 1.11. The van der Waals surface area contributed by atoms with E-state index < -0.39 is 8.03 Å². The first-order chi connectivity index (χ1) is 5.18. The predicted octanol–water partition coefficient (Wildman–Crippen LogP) is 1.70. The summed E-state index contributed by atoms with van der Waals surface area (Å²) >= 11 is 5.54. The van der Waals surface area contributed by atoms with Gasteiger partial charge in [-0.25, -0.2) is 4.98 Å². The normalized spacial score (nSPS) is 12.9. The van der Waals surface area contributed by atoms with Crippen molar-refractivity contribution >= 4 is 19.6 Å². The van der Waals surface area contributed by atoms with Crippen LogP contribution in [-0.4, -0.2) is 9.88 Å². The van der Waals surface area contributed by atoms with Crippen LogP contribution in [0.2, 0.25) is 5.15 Å².